The number of rotatable bonds is 17. The van der Waals surface area contributed by atoms with Gasteiger partial charge < -0.3 is 23.7 Å². The number of hydrogen-bond donors (Lipinski definition) is 0. The van der Waals surface area contributed by atoms with Crippen LogP contribution in [-0.2, 0) is 53.3 Å². The summed E-state index contributed by atoms with van der Waals surface area (Å²) < 4.78 is 65.2. The van der Waals surface area contributed by atoms with Crippen molar-refractivity contribution in [3.05, 3.63) is 199 Å². The van der Waals surface area contributed by atoms with Gasteiger partial charge in [0.05, 0.1) is 48.5 Å². The summed E-state index contributed by atoms with van der Waals surface area (Å²) in [5.74, 6) is 0. The Bertz CT molecular complexity index is 2550. The van der Waals surface area contributed by atoms with Gasteiger partial charge in [-0.05, 0) is 62.1 Å². The largest absolute Gasteiger partial charge is 0.373 e. The first-order chi connectivity index (χ1) is 30.1. The van der Waals surface area contributed by atoms with Crippen molar-refractivity contribution in [1.82, 2.24) is 3.97 Å². The lowest BCUT2D eigenvalue weighted by Gasteiger charge is -2.52. The van der Waals surface area contributed by atoms with Crippen molar-refractivity contribution < 1.29 is 32.1 Å². The van der Waals surface area contributed by atoms with Crippen LogP contribution in [0.3, 0.4) is 0 Å². The highest BCUT2D eigenvalue weighted by Gasteiger charge is 2.58. The van der Waals surface area contributed by atoms with Crippen LogP contribution in [0.5, 0.6) is 0 Å². The first kappa shape index (κ1) is 43.5. The standard InChI is InChI=1S/C52H54NO7SSi/c1-51(2,3)59-39-49-48(56-37-40-21-9-4-10-22-40)35-50(57-38-41-23-11-5-12-24-41)52(60-49,62(44-27-15-7-16-28-44)45-29-17-8-18-30-45)58-34-33-42-36-53(47-32-20-19-31-46(42)47)61(54,55)43-25-13-6-14-26-43/h4-32,36,48-50H,33-35,37-39H2,1-3H3/t48-,49-,50-,52-/m1/s1. The van der Waals surface area contributed by atoms with Crippen LogP contribution >= 0.6 is 0 Å². The smallest absolute Gasteiger partial charge is 0.268 e. The van der Waals surface area contributed by atoms with E-state index in [4.69, 9.17) is 23.7 Å². The predicted octanol–water partition coefficient (Wildman–Crippen LogP) is 8.76. The predicted molar refractivity (Wildman–Crippen MR) is 246 cm³/mol. The molecule has 7 aromatic rings. The molecule has 62 heavy (non-hydrogen) atoms. The highest BCUT2D eigenvalue weighted by molar-refractivity contribution is 7.90. The quantitative estimate of drug-likeness (QED) is 0.0848. The van der Waals surface area contributed by atoms with Gasteiger partial charge in [-0.3, -0.25) is 0 Å². The molecule has 319 valence electrons. The molecule has 2 heterocycles. The summed E-state index contributed by atoms with van der Waals surface area (Å²) in [7, 11) is -5.90. The minimum atomic E-state index is -3.88. The highest BCUT2D eigenvalue weighted by Crippen LogP contribution is 2.39. The summed E-state index contributed by atoms with van der Waals surface area (Å²) >= 11 is 0. The number of nitrogens with zero attached hydrogens (tertiary/aromatic N) is 1. The zero-order valence-electron chi connectivity index (χ0n) is 35.5. The normalized spacial score (nSPS) is 19.5. The van der Waals surface area contributed by atoms with E-state index >= 15 is 0 Å². The Morgan fingerprint density at radius 3 is 1.77 bits per heavy atom. The van der Waals surface area contributed by atoms with E-state index in [1.807, 2.05) is 99.6 Å². The Morgan fingerprint density at radius 2 is 1.19 bits per heavy atom. The summed E-state index contributed by atoms with van der Waals surface area (Å²) in [6.07, 6.45) is 1.10. The molecule has 1 saturated heterocycles. The molecular formula is C52H54NO7SSi. The third-order valence-corrected chi connectivity index (χ3v) is 15.9. The molecule has 0 N–H and O–H groups in total. The van der Waals surface area contributed by atoms with Gasteiger partial charge in [0, 0.05) is 18.0 Å². The highest BCUT2D eigenvalue weighted by atomic mass is 32.2. The number of hydrogen-bond acceptors (Lipinski definition) is 7. The van der Waals surface area contributed by atoms with Crippen molar-refractivity contribution in [3.8, 4) is 0 Å². The number of benzene rings is 6. The second-order valence-corrected chi connectivity index (χ2v) is 21.0. The van der Waals surface area contributed by atoms with Crippen molar-refractivity contribution in [2.24, 2.45) is 0 Å². The summed E-state index contributed by atoms with van der Waals surface area (Å²) in [4.78, 5) is 0.224. The Kier molecular flexibility index (Phi) is 13.7. The molecule has 6 aromatic carbocycles. The molecular weight excluding hydrogens is 811 g/mol. The van der Waals surface area contributed by atoms with Crippen molar-refractivity contribution in [2.45, 2.75) is 81.0 Å². The van der Waals surface area contributed by atoms with Gasteiger partial charge in [0.15, 0.2) is 14.2 Å². The van der Waals surface area contributed by atoms with Crippen LogP contribution in [-0.4, -0.2) is 63.7 Å². The summed E-state index contributed by atoms with van der Waals surface area (Å²) in [6.45, 7) is 7.33. The fraction of sp³-hybridized carbons (Fsp3) is 0.269. The van der Waals surface area contributed by atoms with E-state index in [0.29, 0.717) is 31.6 Å². The lowest BCUT2D eigenvalue weighted by molar-refractivity contribution is -0.319. The minimum Gasteiger partial charge on any atom is -0.373 e. The monoisotopic (exact) mass is 864 g/mol. The van der Waals surface area contributed by atoms with Gasteiger partial charge >= 0.3 is 0 Å². The first-order valence-corrected chi connectivity index (χ1v) is 24.2. The van der Waals surface area contributed by atoms with Gasteiger partial charge in [0.2, 0.25) is 0 Å². The van der Waals surface area contributed by atoms with E-state index in [0.717, 1.165) is 32.5 Å². The molecule has 8 nitrogen and oxygen atoms in total. The van der Waals surface area contributed by atoms with E-state index in [1.54, 1.807) is 30.5 Å². The average molecular weight is 865 g/mol. The zero-order chi connectivity index (χ0) is 43.0. The molecule has 0 amide bonds. The molecule has 0 unspecified atom stereocenters. The lowest BCUT2D eigenvalue weighted by atomic mass is 10.0. The van der Waals surface area contributed by atoms with Crippen LogP contribution in [0.25, 0.3) is 10.9 Å². The van der Waals surface area contributed by atoms with Crippen LogP contribution in [0, 0.1) is 0 Å². The number of para-hydroxylation sites is 1. The van der Waals surface area contributed by atoms with Gasteiger partial charge in [-0.2, -0.15) is 0 Å². The molecule has 1 aliphatic heterocycles. The zero-order valence-corrected chi connectivity index (χ0v) is 37.3. The van der Waals surface area contributed by atoms with E-state index in [2.05, 4.69) is 72.8 Å². The maximum atomic E-state index is 14.1. The van der Waals surface area contributed by atoms with E-state index < -0.39 is 48.1 Å². The summed E-state index contributed by atoms with van der Waals surface area (Å²) in [6, 6.07) is 57.4. The van der Waals surface area contributed by atoms with E-state index in [1.165, 1.54) is 3.97 Å². The fourth-order valence-corrected chi connectivity index (χ4v) is 12.7. The average Bonchev–Trinajstić information content (AvgIpc) is 3.68. The second kappa shape index (κ2) is 19.5. The van der Waals surface area contributed by atoms with Gasteiger partial charge in [-0.15, -0.1) is 0 Å². The molecule has 1 radical (unpaired) electrons. The van der Waals surface area contributed by atoms with Crippen molar-refractivity contribution in [1.29, 1.82) is 0 Å². The van der Waals surface area contributed by atoms with Crippen molar-refractivity contribution in [2.75, 3.05) is 13.2 Å². The Balaban J connectivity index is 1.23. The molecule has 0 aliphatic carbocycles. The molecule has 1 aliphatic rings. The van der Waals surface area contributed by atoms with Crippen LogP contribution < -0.4 is 10.4 Å². The Labute approximate surface area is 367 Å². The molecule has 0 saturated carbocycles. The fourth-order valence-electron chi connectivity index (χ4n) is 8.10. The molecule has 8 rings (SSSR count). The van der Waals surface area contributed by atoms with E-state index in [9.17, 15) is 8.42 Å². The van der Waals surface area contributed by atoms with Crippen molar-refractivity contribution >= 4 is 40.1 Å². The number of aromatic nitrogens is 1. The summed E-state index contributed by atoms with van der Waals surface area (Å²) in [5, 5.41) is 3.04. The molecule has 10 heteroatoms. The molecule has 0 bridgehead atoms. The van der Waals surface area contributed by atoms with Crippen LogP contribution in [0.15, 0.2) is 187 Å². The van der Waals surface area contributed by atoms with Crippen molar-refractivity contribution in [3.63, 3.8) is 0 Å². The van der Waals surface area contributed by atoms with E-state index in [-0.39, 0.29) is 18.1 Å². The summed E-state index contributed by atoms with van der Waals surface area (Å²) in [5.41, 5.74) is 1.78. The molecule has 1 fully saturated rings. The maximum absolute atomic E-state index is 14.1. The van der Waals surface area contributed by atoms with Crippen LogP contribution in [0.2, 0.25) is 0 Å². The van der Waals surface area contributed by atoms with Gasteiger partial charge in [0.25, 0.3) is 10.0 Å². The SMILES string of the molecule is CC(C)(C)OC[C@H]1O[C@@](OCCc2cn(S(=O)(=O)c3ccccc3)c3ccccc23)([Si](c2ccccc2)c2ccccc2)[C@H](OCc2ccccc2)C[C@H]1OCc1ccccc1. The Hall–Kier alpha value is -5.17. The number of ether oxygens (including phenoxy) is 5. The topological polar surface area (TPSA) is 85.2 Å². The third kappa shape index (κ3) is 10.0. The third-order valence-electron chi connectivity index (χ3n) is 11.1. The first-order valence-electron chi connectivity index (χ1n) is 21.3. The molecule has 0 spiro atoms. The second-order valence-electron chi connectivity index (χ2n) is 16.6. The molecule has 4 atom stereocenters. The molecule has 1 aromatic heterocycles. The van der Waals surface area contributed by atoms with Gasteiger partial charge in [-0.25, -0.2) is 12.4 Å². The van der Waals surface area contributed by atoms with Crippen LogP contribution in [0.4, 0.5) is 0 Å². The van der Waals surface area contributed by atoms with Gasteiger partial charge in [-0.1, -0.05) is 168 Å². The minimum absolute atomic E-state index is 0.209. The lowest BCUT2D eigenvalue weighted by Crippen LogP contribution is -2.73. The maximum Gasteiger partial charge on any atom is 0.268 e. The van der Waals surface area contributed by atoms with Crippen LogP contribution in [0.1, 0.15) is 43.9 Å². The number of fused-ring (bicyclic) bond motifs is 1. The van der Waals surface area contributed by atoms with Gasteiger partial charge in [0.1, 0.15) is 12.2 Å². The Morgan fingerprint density at radius 1 is 0.677 bits per heavy atom.